The van der Waals surface area contributed by atoms with Crippen LogP contribution in [0.15, 0.2) is 51.4 Å². The summed E-state index contributed by atoms with van der Waals surface area (Å²) in [6, 6.07) is 0. The molecule has 0 aliphatic carbocycles. The first kappa shape index (κ1) is 55.8. The zero-order valence-corrected chi connectivity index (χ0v) is 35.8. The van der Waals surface area contributed by atoms with Crippen LogP contribution < -0.4 is 0 Å². The first-order valence-electron chi connectivity index (χ1n) is 20.6. The molecule has 0 aliphatic heterocycles. The first-order valence-corrected chi connectivity index (χ1v) is 20.6. The first-order chi connectivity index (χ1) is 29.4. The molecule has 0 unspecified atom stereocenters. The van der Waals surface area contributed by atoms with E-state index in [1.165, 1.54) is 25.0 Å². The van der Waals surface area contributed by atoms with Crippen LogP contribution in [0.2, 0.25) is 0 Å². The molecule has 0 aliphatic rings. The minimum absolute atomic E-state index is 0.129. The van der Waals surface area contributed by atoms with Gasteiger partial charge in [-0.3, -0.25) is 19.2 Å². The number of carbonyl (C=O) groups excluding carboxylic acids is 4. The van der Waals surface area contributed by atoms with Crippen LogP contribution in [0.5, 0.6) is 0 Å². The average molecular weight is 861 g/mol. The van der Waals surface area contributed by atoms with Crippen molar-refractivity contribution in [3.05, 3.63) is 51.4 Å². The predicted octanol–water partition coefficient (Wildman–Crippen LogP) is 3.59. The molecule has 0 saturated carbocycles. The molecular weight excluding hydrogens is 788 g/mol. The summed E-state index contributed by atoms with van der Waals surface area (Å²) in [7, 11) is 0. The van der Waals surface area contributed by atoms with Crippen molar-refractivity contribution in [2.75, 3.05) is 145 Å². The summed E-state index contributed by atoms with van der Waals surface area (Å²) in [6.45, 7) is 21.3. The number of hydrogen-bond donors (Lipinski definition) is 0. The van der Waals surface area contributed by atoms with E-state index in [0.29, 0.717) is 92.1 Å². The molecule has 0 radical (unpaired) electrons. The minimum Gasteiger partial charge on any atom is -0.499 e. The predicted molar refractivity (Wildman–Crippen MR) is 222 cm³/mol. The van der Waals surface area contributed by atoms with Crippen molar-refractivity contribution < 1.29 is 76.0 Å². The number of esters is 4. The second-order valence-electron chi connectivity index (χ2n) is 12.6. The molecule has 0 spiro atoms. The Morgan fingerprint density at radius 3 is 0.783 bits per heavy atom. The van der Waals surface area contributed by atoms with Crippen LogP contribution in [-0.2, 0) is 76.0 Å². The van der Waals surface area contributed by atoms with Gasteiger partial charge in [0.25, 0.3) is 0 Å². The summed E-state index contributed by atoms with van der Waals surface area (Å²) in [6.07, 6.45) is 9.40. The number of nitrogens with zero attached hydrogens (tertiary/aromatic N) is 2. The highest BCUT2D eigenvalue weighted by molar-refractivity contribution is 5.71. The lowest BCUT2D eigenvalue weighted by Gasteiger charge is -2.23. The highest BCUT2D eigenvalue weighted by atomic mass is 16.6. The minimum atomic E-state index is -0.357. The van der Waals surface area contributed by atoms with Crippen LogP contribution in [0.3, 0.4) is 0 Å². The highest BCUT2D eigenvalue weighted by Crippen LogP contribution is 2.08. The zero-order chi connectivity index (χ0) is 44.0. The molecule has 0 saturated heterocycles. The topological polar surface area (TPSA) is 186 Å². The van der Waals surface area contributed by atoms with E-state index in [4.69, 9.17) is 56.8 Å². The van der Waals surface area contributed by atoms with E-state index < -0.39 is 0 Å². The van der Waals surface area contributed by atoms with E-state index in [9.17, 15) is 19.2 Å². The fraction of sp³-hybridized carbons (Fsp3) is 0.714. The van der Waals surface area contributed by atoms with E-state index >= 15 is 0 Å². The van der Waals surface area contributed by atoms with Crippen LogP contribution in [0, 0.1) is 0 Å². The quantitative estimate of drug-likeness (QED) is 0.0374. The maximum atomic E-state index is 12.4. The summed E-state index contributed by atoms with van der Waals surface area (Å²) in [4.78, 5) is 53.8. The van der Waals surface area contributed by atoms with Gasteiger partial charge in [-0.2, -0.15) is 0 Å². The summed E-state index contributed by atoms with van der Waals surface area (Å²) in [5.74, 6) is -1.43. The van der Waals surface area contributed by atoms with Gasteiger partial charge < -0.3 is 66.6 Å². The van der Waals surface area contributed by atoms with Gasteiger partial charge in [-0.25, -0.2) is 0 Å². The molecule has 0 aromatic heterocycles. The van der Waals surface area contributed by atoms with Crippen LogP contribution in [0.1, 0.15) is 51.4 Å². The molecule has 0 aromatic rings. The molecule has 0 heterocycles. The van der Waals surface area contributed by atoms with Gasteiger partial charge in [0, 0.05) is 26.2 Å². The van der Waals surface area contributed by atoms with E-state index in [1.807, 2.05) is 0 Å². The van der Waals surface area contributed by atoms with Crippen molar-refractivity contribution in [2.24, 2.45) is 0 Å². The molecule has 346 valence electrons. The van der Waals surface area contributed by atoms with Gasteiger partial charge in [0.15, 0.2) is 0 Å². The summed E-state index contributed by atoms with van der Waals surface area (Å²) < 4.78 is 62.6. The van der Waals surface area contributed by atoms with Gasteiger partial charge in [0.05, 0.1) is 104 Å². The standard InChI is InChI=1S/C42H72N2O16/c1-5-49-23-27-53-31-35-57-39(45)13-19-43(20-14-40(46)58-36-32-54-28-24-50-6-2)17-11-9-10-12-18-44(21-15-41(47)59-37-33-55-29-25-51-7-3)22-16-42(48)60-38-34-56-30-26-52-8-4/h5-8H,1-4,9-38H2. The lowest BCUT2D eigenvalue weighted by atomic mass is 10.1. The molecule has 0 aromatic carbocycles. The number of hydrogen-bond acceptors (Lipinski definition) is 18. The monoisotopic (exact) mass is 860 g/mol. The van der Waals surface area contributed by atoms with Gasteiger partial charge in [-0.1, -0.05) is 39.2 Å². The van der Waals surface area contributed by atoms with Crippen molar-refractivity contribution in [3.63, 3.8) is 0 Å². The van der Waals surface area contributed by atoms with E-state index in [-0.39, 0.29) is 102 Å². The van der Waals surface area contributed by atoms with Crippen molar-refractivity contribution >= 4 is 23.9 Å². The van der Waals surface area contributed by atoms with Crippen molar-refractivity contribution in [1.29, 1.82) is 0 Å². The van der Waals surface area contributed by atoms with Crippen LogP contribution >= 0.6 is 0 Å². The Hall–Kier alpha value is -4.20. The lowest BCUT2D eigenvalue weighted by molar-refractivity contribution is -0.147. The maximum Gasteiger partial charge on any atom is 0.307 e. The smallest absolute Gasteiger partial charge is 0.307 e. The molecule has 0 bridgehead atoms. The van der Waals surface area contributed by atoms with Gasteiger partial charge in [-0.05, 0) is 25.9 Å². The molecule has 60 heavy (non-hydrogen) atoms. The largest absolute Gasteiger partial charge is 0.499 e. The summed E-state index contributed by atoms with van der Waals surface area (Å²) in [5.41, 5.74) is 0. The van der Waals surface area contributed by atoms with E-state index in [1.54, 1.807) is 0 Å². The number of ether oxygens (including phenoxy) is 12. The molecule has 0 rings (SSSR count). The molecule has 18 nitrogen and oxygen atoms in total. The summed E-state index contributed by atoms with van der Waals surface area (Å²) >= 11 is 0. The highest BCUT2D eigenvalue weighted by Gasteiger charge is 2.15. The Labute approximate surface area is 356 Å². The molecule has 0 fully saturated rings. The Morgan fingerprint density at radius 1 is 0.317 bits per heavy atom. The van der Waals surface area contributed by atoms with Crippen molar-refractivity contribution in [2.45, 2.75) is 51.4 Å². The fourth-order valence-electron chi connectivity index (χ4n) is 5.01. The Balaban J connectivity index is 4.91. The molecule has 0 atom stereocenters. The third-order valence-electron chi connectivity index (χ3n) is 8.04. The van der Waals surface area contributed by atoms with E-state index in [0.717, 1.165) is 25.7 Å². The molecular formula is C42H72N2O16. The SMILES string of the molecule is C=COCCOCCOC(=O)CCN(CCCCCCN(CCC(=O)OCCOCCOC=C)CCC(=O)OCCOCCOC=C)CCC(=O)OCCOCCOC=C. The van der Waals surface area contributed by atoms with Crippen LogP contribution in [0.4, 0.5) is 0 Å². The molecule has 0 N–H and O–H groups in total. The Bertz CT molecular complexity index is 952. The lowest BCUT2D eigenvalue weighted by Crippen LogP contribution is -2.31. The number of carbonyl (C=O) groups is 4. The zero-order valence-electron chi connectivity index (χ0n) is 35.8. The van der Waals surface area contributed by atoms with Gasteiger partial charge in [0.1, 0.15) is 52.9 Å². The van der Waals surface area contributed by atoms with Gasteiger partial charge >= 0.3 is 23.9 Å². The summed E-state index contributed by atoms with van der Waals surface area (Å²) in [5, 5.41) is 0. The van der Waals surface area contributed by atoms with Crippen molar-refractivity contribution in [3.8, 4) is 0 Å². The van der Waals surface area contributed by atoms with Crippen LogP contribution in [-0.4, -0.2) is 179 Å². The van der Waals surface area contributed by atoms with Gasteiger partial charge in [-0.15, -0.1) is 0 Å². The Morgan fingerprint density at radius 2 is 0.550 bits per heavy atom. The normalized spacial score (nSPS) is 10.8. The fourth-order valence-corrected chi connectivity index (χ4v) is 5.01. The molecule has 18 heteroatoms. The average Bonchev–Trinajstić information content (AvgIpc) is 3.24. The molecule has 0 amide bonds. The maximum absolute atomic E-state index is 12.4. The van der Waals surface area contributed by atoms with E-state index in [2.05, 4.69) is 36.1 Å². The van der Waals surface area contributed by atoms with Crippen LogP contribution in [0.25, 0.3) is 0 Å². The number of unbranched alkanes of at least 4 members (excludes halogenated alkanes) is 3. The second-order valence-corrected chi connectivity index (χ2v) is 12.6. The Kier molecular flexibility index (Phi) is 41.3. The van der Waals surface area contributed by atoms with Gasteiger partial charge in [0.2, 0.25) is 0 Å². The second kappa shape index (κ2) is 44.4. The third-order valence-corrected chi connectivity index (χ3v) is 8.04. The number of rotatable bonds is 47. The third kappa shape index (κ3) is 40.6. The van der Waals surface area contributed by atoms with Crippen molar-refractivity contribution in [1.82, 2.24) is 9.80 Å².